The van der Waals surface area contributed by atoms with Gasteiger partial charge in [-0.15, -0.1) is 0 Å². The average Bonchev–Trinajstić information content (AvgIpc) is 2.84. The van der Waals surface area contributed by atoms with Crippen LogP contribution in [0.1, 0.15) is 12.5 Å². The van der Waals surface area contributed by atoms with E-state index in [1.165, 1.54) is 14.2 Å². The van der Waals surface area contributed by atoms with Gasteiger partial charge in [-0.2, -0.15) is 0 Å². The molecule has 2 amide bonds. The molecule has 9 heteroatoms. The van der Waals surface area contributed by atoms with Gasteiger partial charge in [-0.25, -0.2) is 0 Å². The van der Waals surface area contributed by atoms with Crippen molar-refractivity contribution in [1.29, 1.82) is 0 Å². The molecule has 1 heterocycles. The zero-order valence-electron chi connectivity index (χ0n) is 13.8. The number of hydrogen-bond acceptors (Lipinski definition) is 7. The van der Waals surface area contributed by atoms with E-state index in [-0.39, 0.29) is 4.91 Å². The van der Waals surface area contributed by atoms with E-state index in [1.807, 2.05) is 6.92 Å². The van der Waals surface area contributed by atoms with Crippen LogP contribution in [0, 0.1) is 0 Å². The first-order valence-electron chi connectivity index (χ1n) is 7.23. The molecule has 0 bridgehead atoms. The van der Waals surface area contributed by atoms with E-state index in [0.29, 0.717) is 28.1 Å². The highest BCUT2D eigenvalue weighted by Gasteiger charge is 2.36. The molecule has 2 rings (SSSR count). The van der Waals surface area contributed by atoms with Gasteiger partial charge in [-0.05, 0) is 42.5 Å². The van der Waals surface area contributed by atoms with Gasteiger partial charge in [0.25, 0.3) is 11.1 Å². The fraction of sp³-hybridized carbons (Fsp3) is 0.312. The molecule has 0 aromatic heterocycles. The maximum atomic E-state index is 12.3. The molecule has 0 saturated carbocycles. The van der Waals surface area contributed by atoms with Gasteiger partial charge < -0.3 is 14.2 Å². The van der Waals surface area contributed by atoms with Crippen molar-refractivity contribution in [3.8, 4) is 11.5 Å². The first-order chi connectivity index (χ1) is 11.9. The van der Waals surface area contributed by atoms with Crippen molar-refractivity contribution >= 4 is 50.9 Å². The molecule has 1 aliphatic heterocycles. The van der Waals surface area contributed by atoms with Gasteiger partial charge in [-0.1, -0.05) is 15.9 Å². The van der Waals surface area contributed by atoms with Crippen LogP contribution in [0.2, 0.25) is 0 Å². The van der Waals surface area contributed by atoms with Gasteiger partial charge in [0.05, 0.1) is 25.7 Å². The topological polar surface area (TPSA) is 82.1 Å². The standard InChI is InChI=1S/C16H16BrNO6S/c1-4-24-12-7-10(17)9(5-11(12)22-2)6-13-15(20)18(16(21)25-13)8-14(19)23-3/h5-7H,4,8H2,1-3H3/b13-6+. The minimum Gasteiger partial charge on any atom is -0.493 e. The molecule has 1 aromatic rings. The van der Waals surface area contributed by atoms with E-state index < -0.39 is 23.7 Å². The molecule has 0 aliphatic carbocycles. The summed E-state index contributed by atoms with van der Waals surface area (Å²) in [7, 11) is 2.71. The zero-order chi connectivity index (χ0) is 18.6. The molecule has 1 fully saturated rings. The number of methoxy groups -OCH3 is 2. The number of benzene rings is 1. The molecule has 1 aromatic carbocycles. The summed E-state index contributed by atoms with van der Waals surface area (Å²) in [5.41, 5.74) is 0.642. The normalized spacial score (nSPS) is 15.7. The Morgan fingerprint density at radius 3 is 2.60 bits per heavy atom. The van der Waals surface area contributed by atoms with Crippen LogP contribution in [0.5, 0.6) is 11.5 Å². The summed E-state index contributed by atoms with van der Waals surface area (Å²) < 4.78 is 15.9. The molecule has 25 heavy (non-hydrogen) atoms. The summed E-state index contributed by atoms with van der Waals surface area (Å²) in [4.78, 5) is 36.7. The first-order valence-corrected chi connectivity index (χ1v) is 8.84. The van der Waals surface area contributed by atoms with Crippen LogP contribution in [0.3, 0.4) is 0 Å². The van der Waals surface area contributed by atoms with Crippen LogP contribution in [0.25, 0.3) is 6.08 Å². The predicted molar refractivity (Wildman–Crippen MR) is 96.6 cm³/mol. The average molecular weight is 430 g/mol. The monoisotopic (exact) mass is 429 g/mol. The van der Waals surface area contributed by atoms with Gasteiger partial charge in [0, 0.05) is 4.47 Å². The summed E-state index contributed by atoms with van der Waals surface area (Å²) in [6.45, 7) is 1.93. The SMILES string of the molecule is CCOc1cc(Br)c(/C=C2/SC(=O)N(CC(=O)OC)C2=O)cc1OC. The zero-order valence-corrected chi connectivity index (χ0v) is 16.2. The minimum absolute atomic E-state index is 0.209. The van der Waals surface area contributed by atoms with Crippen LogP contribution in [-0.4, -0.2) is 49.4 Å². The minimum atomic E-state index is -0.660. The van der Waals surface area contributed by atoms with Crippen LogP contribution < -0.4 is 9.47 Å². The second-order valence-corrected chi connectivity index (χ2v) is 6.65. The molecule has 0 atom stereocenters. The lowest BCUT2D eigenvalue weighted by Crippen LogP contribution is -2.34. The number of hydrogen-bond donors (Lipinski definition) is 0. The number of ether oxygens (including phenoxy) is 3. The highest BCUT2D eigenvalue weighted by Crippen LogP contribution is 2.37. The van der Waals surface area contributed by atoms with E-state index in [9.17, 15) is 14.4 Å². The molecule has 0 spiro atoms. The van der Waals surface area contributed by atoms with E-state index in [0.717, 1.165) is 16.7 Å². The van der Waals surface area contributed by atoms with Crippen LogP contribution in [-0.2, 0) is 14.3 Å². The molecule has 1 saturated heterocycles. The lowest BCUT2D eigenvalue weighted by Gasteiger charge is -2.12. The number of esters is 1. The van der Waals surface area contributed by atoms with Gasteiger partial charge in [0.1, 0.15) is 6.54 Å². The van der Waals surface area contributed by atoms with E-state index in [4.69, 9.17) is 9.47 Å². The van der Waals surface area contributed by atoms with Crippen LogP contribution in [0.4, 0.5) is 4.79 Å². The lowest BCUT2D eigenvalue weighted by atomic mass is 10.2. The second kappa shape index (κ2) is 8.39. The Balaban J connectivity index is 2.33. The second-order valence-electron chi connectivity index (χ2n) is 4.80. The molecular weight excluding hydrogens is 414 g/mol. The third kappa shape index (κ3) is 4.35. The van der Waals surface area contributed by atoms with Gasteiger partial charge >= 0.3 is 5.97 Å². The Morgan fingerprint density at radius 1 is 1.28 bits per heavy atom. The van der Waals surface area contributed by atoms with Gasteiger partial charge in [-0.3, -0.25) is 19.3 Å². The molecule has 7 nitrogen and oxygen atoms in total. The molecule has 0 radical (unpaired) electrons. The smallest absolute Gasteiger partial charge is 0.325 e. The number of nitrogens with zero attached hydrogens (tertiary/aromatic N) is 1. The van der Waals surface area contributed by atoms with Gasteiger partial charge in [0.15, 0.2) is 11.5 Å². The van der Waals surface area contributed by atoms with Crippen molar-refractivity contribution < 1.29 is 28.6 Å². The molecule has 1 aliphatic rings. The Kier molecular flexibility index (Phi) is 6.49. The molecule has 0 unspecified atom stereocenters. The summed E-state index contributed by atoms with van der Waals surface area (Å²) in [5.74, 6) is -0.134. The number of rotatable bonds is 6. The molecule has 134 valence electrons. The van der Waals surface area contributed by atoms with Crippen molar-refractivity contribution in [3.63, 3.8) is 0 Å². The fourth-order valence-corrected chi connectivity index (χ4v) is 3.33. The fourth-order valence-electron chi connectivity index (χ4n) is 2.06. The van der Waals surface area contributed by atoms with Crippen molar-refractivity contribution in [2.75, 3.05) is 27.4 Å². The summed E-state index contributed by atoms with van der Waals surface area (Å²) >= 11 is 4.18. The van der Waals surface area contributed by atoms with Crippen LogP contribution in [0.15, 0.2) is 21.5 Å². The van der Waals surface area contributed by atoms with Crippen molar-refractivity contribution in [2.45, 2.75) is 6.92 Å². The van der Waals surface area contributed by atoms with Crippen molar-refractivity contribution in [3.05, 3.63) is 27.1 Å². The molecular formula is C16H16BrNO6S. The number of thioether (sulfide) groups is 1. The van der Waals surface area contributed by atoms with E-state index >= 15 is 0 Å². The number of carbonyl (C=O) groups is 3. The summed E-state index contributed by atoms with van der Waals surface area (Å²) in [5, 5.41) is -0.518. The number of amides is 2. The summed E-state index contributed by atoms with van der Waals surface area (Å²) in [6.07, 6.45) is 1.56. The number of halogens is 1. The number of imide groups is 1. The van der Waals surface area contributed by atoms with Crippen molar-refractivity contribution in [2.24, 2.45) is 0 Å². The Bertz CT molecular complexity index is 748. The highest BCUT2D eigenvalue weighted by atomic mass is 79.9. The highest BCUT2D eigenvalue weighted by molar-refractivity contribution is 9.10. The lowest BCUT2D eigenvalue weighted by molar-refractivity contribution is -0.143. The van der Waals surface area contributed by atoms with Gasteiger partial charge in [0.2, 0.25) is 0 Å². The van der Waals surface area contributed by atoms with Crippen molar-refractivity contribution in [1.82, 2.24) is 4.90 Å². The predicted octanol–water partition coefficient (Wildman–Crippen LogP) is 3.07. The Morgan fingerprint density at radius 2 is 2.00 bits per heavy atom. The maximum absolute atomic E-state index is 12.3. The van der Waals surface area contributed by atoms with E-state index in [1.54, 1.807) is 18.2 Å². The summed E-state index contributed by atoms with van der Waals surface area (Å²) in [6, 6.07) is 3.43. The van der Waals surface area contributed by atoms with Crippen LogP contribution >= 0.6 is 27.7 Å². The Labute approximate surface area is 157 Å². The number of carbonyl (C=O) groups excluding carboxylic acids is 3. The third-order valence-electron chi connectivity index (χ3n) is 3.26. The Hall–Kier alpha value is -2.00. The van der Waals surface area contributed by atoms with E-state index in [2.05, 4.69) is 20.7 Å². The molecule has 0 N–H and O–H groups in total. The maximum Gasteiger partial charge on any atom is 0.325 e. The first kappa shape index (κ1) is 19.3. The third-order valence-corrected chi connectivity index (χ3v) is 4.85. The largest absolute Gasteiger partial charge is 0.493 e. The quantitative estimate of drug-likeness (QED) is 0.507.